The van der Waals surface area contributed by atoms with Gasteiger partial charge in [-0.05, 0) is 47.6 Å². The van der Waals surface area contributed by atoms with Crippen molar-refractivity contribution in [2.45, 2.75) is 12.5 Å². The zero-order valence-corrected chi connectivity index (χ0v) is 12.9. The van der Waals surface area contributed by atoms with E-state index < -0.39 is 0 Å². The second-order valence-corrected chi connectivity index (χ2v) is 5.69. The van der Waals surface area contributed by atoms with E-state index in [1.165, 1.54) is 0 Å². The van der Waals surface area contributed by atoms with E-state index in [0.29, 0.717) is 13.2 Å². The summed E-state index contributed by atoms with van der Waals surface area (Å²) < 4.78 is 12.6. The van der Waals surface area contributed by atoms with Crippen LogP contribution in [-0.2, 0) is 11.2 Å². The standard InChI is InChI=1S/C14H21BrN2O2/c1-17-7-8-18-12(9-17)10-19-14-11(5-6-16)3-2-4-13(14)15/h2-4,12H,5-10,16H2,1H3. The van der Waals surface area contributed by atoms with Crippen molar-refractivity contribution < 1.29 is 9.47 Å². The predicted molar refractivity (Wildman–Crippen MR) is 79.6 cm³/mol. The summed E-state index contributed by atoms with van der Waals surface area (Å²) in [6, 6.07) is 6.05. The number of para-hydroxylation sites is 1. The van der Waals surface area contributed by atoms with Crippen LogP contribution in [0.2, 0.25) is 0 Å². The molecule has 0 aliphatic carbocycles. The molecule has 1 aromatic carbocycles. The first-order chi connectivity index (χ1) is 9.20. The SMILES string of the molecule is CN1CCOC(COc2c(Br)cccc2CCN)C1. The number of ether oxygens (including phenoxy) is 2. The highest BCUT2D eigenvalue weighted by Gasteiger charge is 2.19. The fourth-order valence-corrected chi connectivity index (χ4v) is 2.73. The number of benzene rings is 1. The molecular weight excluding hydrogens is 308 g/mol. The second-order valence-electron chi connectivity index (χ2n) is 4.83. The number of morpholine rings is 1. The van der Waals surface area contributed by atoms with Gasteiger partial charge in [0, 0.05) is 13.1 Å². The lowest BCUT2D eigenvalue weighted by Crippen LogP contribution is -2.42. The van der Waals surface area contributed by atoms with Crippen LogP contribution in [0.4, 0.5) is 0 Å². The average Bonchev–Trinajstić information content (AvgIpc) is 2.38. The second kappa shape index (κ2) is 7.24. The third-order valence-corrected chi connectivity index (χ3v) is 3.84. The van der Waals surface area contributed by atoms with E-state index in [-0.39, 0.29) is 6.10 Å². The topological polar surface area (TPSA) is 47.7 Å². The molecular formula is C14H21BrN2O2. The van der Waals surface area contributed by atoms with E-state index in [0.717, 1.165) is 41.9 Å². The van der Waals surface area contributed by atoms with E-state index in [1.54, 1.807) is 0 Å². The van der Waals surface area contributed by atoms with Gasteiger partial charge in [0.1, 0.15) is 18.5 Å². The minimum absolute atomic E-state index is 0.136. The van der Waals surface area contributed by atoms with Gasteiger partial charge in [-0.2, -0.15) is 0 Å². The zero-order valence-electron chi connectivity index (χ0n) is 11.3. The van der Waals surface area contributed by atoms with Crippen LogP contribution < -0.4 is 10.5 Å². The molecule has 1 aromatic rings. The van der Waals surface area contributed by atoms with E-state index in [2.05, 4.69) is 33.9 Å². The maximum Gasteiger partial charge on any atom is 0.136 e. The molecule has 2 rings (SSSR count). The van der Waals surface area contributed by atoms with Gasteiger partial charge >= 0.3 is 0 Å². The molecule has 0 amide bonds. The molecule has 1 aliphatic heterocycles. The summed E-state index contributed by atoms with van der Waals surface area (Å²) in [7, 11) is 2.10. The van der Waals surface area contributed by atoms with Gasteiger partial charge in [0.25, 0.3) is 0 Å². The molecule has 0 spiro atoms. The normalized spacial score (nSPS) is 20.5. The van der Waals surface area contributed by atoms with Crippen LogP contribution >= 0.6 is 15.9 Å². The van der Waals surface area contributed by atoms with Crippen LogP contribution in [0.5, 0.6) is 5.75 Å². The van der Waals surface area contributed by atoms with Crippen molar-refractivity contribution in [3.05, 3.63) is 28.2 Å². The Labute approximate surface area is 123 Å². The first-order valence-electron chi connectivity index (χ1n) is 6.61. The summed E-state index contributed by atoms with van der Waals surface area (Å²) in [6.45, 7) is 3.87. The highest BCUT2D eigenvalue weighted by atomic mass is 79.9. The van der Waals surface area contributed by atoms with Gasteiger partial charge in [-0.1, -0.05) is 12.1 Å². The largest absolute Gasteiger partial charge is 0.489 e. The van der Waals surface area contributed by atoms with Gasteiger partial charge in [-0.3, -0.25) is 0 Å². The van der Waals surface area contributed by atoms with Crippen molar-refractivity contribution >= 4 is 15.9 Å². The summed E-state index contributed by atoms with van der Waals surface area (Å²) in [5.41, 5.74) is 6.77. The van der Waals surface area contributed by atoms with Gasteiger partial charge in [0.2, 0.25) is 0 Å². The smallest absolute Gasteiger partial charge is 0.136 e. The molecule has 0 radical (unpaired) electrons. The summed E-state index contributed by atoms with van der Waals surface area (Å²) in [4.78, 5) is 2.26. The van der Waals surface area contributed by atoms with Crippen LogP contribution in [0.1, 0.15) is 5.56 Å². The van der Waals surface area contributed by atoms with Crippen LogP contribution in [0, 0.1) is 0 Å². The minimum atomic E-state index is 0.136. The van der Waals surface area contributed by atoms with Gasteiger partial charge in [0.05, 0.1) is 11.1 Å². The molecule has 0 bridgehead atoms. The zero-order chi connectivity index (χ0) is 13.7. The Bertz CT molecular complexity index is 414. The Morgan fingerprint density at radius 2 is 2.37 bits per heavy atom. The predicted octanol–water partition coefficient (Wildman–Crippen LogP) is 1.66. The van der Waals surface area contributed by atoms with Crippen molar-refractivity contribution in [3.63, 3.8) is 0 Å². The van der Waals surface area contributed by atoms with E-state index >= 15 is 0 Å². The maximum absolute atomic E-state index is 5.95. The molecule has 1 atom stereocenters. The molecule has 4 nitrogen and oxygen atoms in total. The molecule has 1 fully saturated rings. The van der Waals surface area contributed by atoms with Crippen LogP contribution in [-0.4, -0.2) is 50.9 Å². The highest BCUT2D eigenvalue weighted by molar-refractivity contribution is 9.10. The summed E-state index contributed by atoms with van der Waals surface area (Å²) in [6.07, 6.45) is 0.955. The van der Waals surface area contributed by atoms with E-state index in [9.17, 15) is 0 Å². The third kappa shape index (κ3) is 4.18. The van der Waals surface area contributed by atoms with Gasteiger partial charge in [-0.25, -0.2) is 0 Å². The Balaban J connectivity index is 1.98. The van der Waals surface area contributed by atoms with Gasteiger partial charge < -0.3 is 20.1 Å². The molecule has 0 saturated carbocycles. The number of rotatable bonds is 5. The average molecular weight is 329 g/mol. The highest BCUT2D eigenvalue weighted by Crippen LogP contribution is 2.29. The number of nitrogens with zero attached hydrogens (tertiary/aromatic N) is 1. The van der Waals surface area contributed by atoms with Crippen molar-refractivity contribution in [1.29, 1.82) is 0 Å². The number of halogens is 1. The lowest BCUT2D eigenvalue weighted by molar-refractivity contribution is -0.0405. The third-order valence-electron chi connectivity index (χ3n) is 3.22. The van der Waals surface area contributed by atoms with Crippen molar-refractivity contribution in [2.24, 2.45) is 5.73 Å². The Kier molecular flexibility index (Phi) is 5.63. The van der Waals surface area contributed by atoms with Gasteiger partial charge in [0.15, 0.2) is 0 Å². The van der Waals surface area contributed by atoms with Crippen molar-refractivity contribution in [3.8, 4) is 5.75 Å². The molecule has 1 saturated heterocycles. The van der Waals surface area contributed by atoms with E-state index in [4.69, 9.17) is 15.2 Å². The first kappa shape index (κ1) is 14.8. The molecule has 19 heavy (non-hydrogen) atoms. The molecule has 106 valence electrons. The molecule has 1 heterocycles. The first-order valence-corrected chi connectivity index (χ1v) is 7.40. The van der Waals surface area contributed by atoms with Crippen molar-refractivity contribution in [1.82, 2.24) is 4.90 Å². The Morgan fingerprint density at radius 3 is 3.11 bits per heavy atom. The summed E-state index contributed by atoms with van der Waals surface area (Å²) in [5.74, 6) is 0.893. The molecule has 5 heteroatoms. The molecule has 1 aliphatic rings. The number of nitrogens with two attached hydrogens (primary N) is 1. The van der Waals surface area contributed by atoms with Crippen LogP contribution in [0.15, 0.2) is 22.7 Å². The fraction of sp³-hybridized carbons (Fsp3) is 0.571. The van der Waals surface area contributed by atoms with Crippen LogP contribution in [0.3, 0.4) is 0 Å². The number of hydrogen-bond donors (Lipinski definition) is 1. The Morgan fingerprint density at radius 1 is 1.53 bits per heavy atom. The summed E-state index contributed by atoms with van der Waals surface area (Å²) >= 11 is 3.54. The number of hydrogen-bond acceptors (Lipinski definition) is 4. The van der Waals surface area contributed by atoms with E-state index in [1.807, 2.05) is 12.1 Å². The minimum Gasteiger partial charge on any atom is -0.489 e. The quantitative estimate of drug-likeness (QED) is 0.893. The molecule has 1 unspecified atom stereocenters. The maximum atomic E-state index is 5.95. The Hall–Kier alpha value is -0.620. The molecule has 2 N–H and O–H groups in total. The lowest BCUT2D eigenvalue weighted by atomic mass is 10.1. The summed E-state index contributed by atoms with van der Waals surface area (Å²) in [5, 5.41) is 0. The fourth-order valence-electron chi connectivity index (χ4n) is 2.21. The van der Waals surface area contributed by atoms with Crippen molar-refractivity contribution in [2.75, 3.05) is 39.9 Å². The van der Waals surface area contributed by atoms with Gasteiger partial charge in [-0.15, -0.1) is 0 Å². The number of likely N-dealkylation sites (N-methyl/N-ethyl adjacent to an activating group) is 1. The lowest BCUT2D eigenvalue weighted by Gasteiger charge is -2.30. The van der Waals surface area contributed by atoms with Crippen LogP contribution in [0.25, 0.3) is 0 Å². The molecule has 0 aromatic heterocycles. The monoisotopic (exact) mass is 328 g/mol.